The smallest absolute Gasteiger partial charge is 0.132 e. The van der Waals surface area contributed by atoms with Crippen molar-refractivity contribution < 1.29 is 0 Å². The van der Waals surface area contributed by atoms with Gasteiger partial charge >= 0.3 is 0 Å². The van der Waals surface area contributed by atoms with Crippen LogP contribution in [0.2, 0.25) is 0 Å². The number of pyridine rings is 1. The predicted octanol–water partition coefficient (Wildman–Crippen LogP) is 2.46. The van der Waals surface area contributed by atoms with Gasteiger partial charge in [-0.1, -0.05) is 13.3 Å². The molecule has 0 aliphatic rings. The number of aromatic nitrogens is 3. The summed E-state index contributed by atoms with van der Waals surface area (Å²) in [7, 11) is 1.90. The van der Waals surface area contributed by atoms with Gasteiger partial charge < -0.3 is 5.32 Å². The van der Waals surface area contributed by atoms with E-state index in [1.807, 2.05) is 31.6 Å². The van der Waals surface area contributed by atoms with Gasteiger partial charge in [-0.2, -0.15) is 0 Å². The minimum atomic E-state index is 0.828. The van der Waals surface area contributed by atoms with Crippen molar-refractivity contribution in [3.8, 4) is 0 Å². The molecular formula is C14H18N4. The number of hydrogen-bond donors (Lipinski definition) is 1. The summed E-state index contributed by atoms with van der Waals surface area (Å²) in [5, 5.41) is 3.14. The second kappa shape index (κ2) is 6.10. The fourth-order valence-corrected chi connectivity index (χ4v) is 2.02. The maximum atomic E-state index is 4.43. The van der Waals surface area contributed by atoms with Crippen molar-refractivity contribution in [2.45, 2.75) is 26.2 Å². The quantitative estimate of drug-likeness (QED) is 0.875. The molecule has 0 saturated heterocycles. The lowest BCUT2D eigenvalue weighted by Crippen LogP contribution is -2.06. The van der Waals surface area contributed by atoms with Crippen LogP contribution in [0.4, 0.5) is 5.82 Å². The lowest BCUT2D eigenvalue weighted by molar-refractivity contribution is 0.868. The number of anilines is 1. The fourth-order valence-electron chi connectivity index (χ4n) is 2.02. The Morgan fingerprint density at radius 3 is 2.61 bits per heavy atom. The molecular weight excluding hydrogens is 224 g/mol. The molecule has 0 aliphatic carbocycles. The van der Waals surface area contributed by atoms with Gasteiger partial charge in [0.1, 0.15) is 12.1 Å². The zero-order valence-corrected chi connectivity index (χ0v) is 10.8. The lowest BCUT2D eigenvalue weighted by Gasteiger charge is -2.11. The van der Waals surface area contributed by atoms with Crippen LogP contribution in [0.5, 0.6) is 0 Å². The van der Waals surface area contributed by atoms with Crippen molar-refractivity contribution in [3.63, 3.8) is 0 Å². The maximum Gasteiger partial charge on any atom is 0.132 e. The van der Waals surface area contributed by atoms with Crippen molar-refractivity contribution in [3.05, 3.63) is 47.7 Å². The molecule has 4 nitrogen and oxygen atoms in total. The van der Waals surface area contributed by atoms with Crippen LogP contribution in [-0.2, 0) is 12.8 Å². The molecule has 0 aromatic carbocycles. The first kappa shape index (κ1) is 12.5. The van der Waals surface area contributed by atoms with E-state index in [-0.39, 0.29) is 0 Å². The number of nitrogens with one attached hydrogen (secondary N) is 1. The van der Waals surface area contributed by atoms with E-state index in [2.05, 4.69) is 27.2 Å². The Kier molecular flexibility index (Phi) is 4.23. The van der Waals surface area contributed by atoms with E-state index in [9.17, 15) is 0 Å². The largest absolute Gasteiger partial charge is 0.373 e. The van der Waals surface area contributed by atoms with E-state index in [0.29, 0.717) is 0 Å². The molecule has 0 unspecified atom stereocenters. The van der Waals surface area contributed by atoms with E-state index in [4.69, 9.17) is 0 Å². The van der Waals surface area contributed by atoms with E-state index >= 15 is 0 Å². The Balaban J connectivity index is 2.32. The topological polar surface area (TPSA) is 50.7 Å². The zero-order valence-electron chi connectivity index (χ0n) is 10.8. The summed E-state index contributed by atoms with van der Waals surface area (Å²) >= 11 is 0. The van der Waals surface area contributed by atoms with Gasteiger partial charge in [-0.25, -0.2) is 9.97 Å². The van der Waals surface area contributed by atoms with Crippen molar-refractivity contribution in [1.82, 2.24) is 15.0 Å². The molecule has 4 heteroatoms. The Morgan fingerprint density at radius 1 is 1.17 bits per heavy atom. The highest BCUT2D eigenvalue weighted by molar-refractivity contribution is 5.46. The molecule has 2 rings (SSSR count). The summed E-state index contributed by atoms with van der Waals surface area (Å²) in [6, 6.07) is 4.05. The third-order valence-electron chi connectivity index (χ3n) is 2.89. The van der Waals surface area contributed by atoms with E-state index < -0.39 is 0 Å². The molecule has 0 atom stereocenters. The minimum Gasteiger partial charge on any atom is -0.373 e. The van der Waals surface area contributed by atoms with E-state index in [0.717, 1.165) is 30.8 Å². The van der Waals surface area contributed by atoms with Gasteiger partial charge in [0, 0.05) is 31.4 Å². The van der Waals surface area contributed by atoms with Crippen LogP contribution >= 0.6 is 0 Å². The highest BCUT2D eigenvalue weighted by Crippen LogP contribution is 2.19. The monoisotopic (exact) mass is 242 g/mol. The number of nitrogens with zero attached hydrogens (tertiary/aromatic N) is 3. The van der Waals surface area contributed by atoms with Crippen molar-refractivity contribution >= 4 is 5.82 Å². The summed E-state index contributed by atoms with van der Waals surface area (Å²) in [5.74, 6) is 0.941. The van der Waals surface area contributed by atoms with Crippen LogP contribution in [0.25, 0.3) is 0 Å². The molecule has 18 heavy (non-hydrogen) atoms. The molecule has 0 radical (unpaired) electrons. The fraction of sp³-hybridized carbons (Fsp3) is 0.357. The molecule has 0 amide bonds. The molecule has 2 aromatic heterocycles. The second-order valence-corrected chi connectivity index (χ2v) is 4.18. The number of hydrogen-bond acceptors (Lipinski definition) is 4. The predicted molar refractivity (Wildman–Crippen MR) is 72.6 cm³/mol. The third kappa shape index (κ3) is 2.83. The standard InChI is InChI=1S/C14H18N4/c1-3-4-12-13(17-10-18-14(12)15-2)9-11-5-7-16-8-6-11/h5-8,10H,3-4,9H2,1-2H3,(H,15,17,18). The van der Waals surface area contributed by atoms with Gasteiger partial charge in [-0.05, 0) is 24.1 Å². The third-order valence-corrected chi connectivity index (χ3v) is 2.89. The Labute approximate surface area is 108 Å². The molecule has 2 heterocycles. The molecule has 0 aliphatic heterocycles. The van der Waals surface area contributed by atoms with Gasteiger partial charge in [-0.15, -0.1) is 0 Å². The summed E-state index contributed by atoms with van der Waals surface area (Å²) < 4.78 is 0. The second-order valence-electron chi connectivity index (χ2n) is 4.18. The molecule has 0 bridgehead atoms. The summed E-state index contributed by atoms with van der Waals surface area (Å²) in [6.07, 6.45) is 8.17. The first-order valence-electron chi connectivity index (χ1n) is 6.24. The van der Waals surface area contributed by atoms with Crippen LogP contribution in [-0.4, -0.2) is 22.0 Å². The number of rotatable bonds is 5. The van der Waals surface area contributed by atoms with Crippen LogP contribution < -0.4 is 5.32 Å². The molecule has 94 valence electrons. The average molecular weight is 242 g/mol. The van der Waals surface area contributed by atoms with E-state index in [1.54, 1.807) is 6.33 Å². The lowest BCUT2D eigenvalue weighted by atomic mass is 10.0. The molecule has 2 aromatic rings. The Bertz CT molecular complexity index is 496. The summed E-state index contributed by atoms with van der Waals surface area (Å²) in [6.45, 7) is 2.17. The SMILES string of the molecule is CCCc1c(Cc2ccncc2)ncnc1NC. The maximum absolute atomic E-state index is 4.43. The summed E-state index contributed by atoms with van der Waals surface area (Å²) in [5.41, 5.74) is 3.55. The first-order chi connectivity index (χ1) is 8.85. The first-order valence-corrected chi connectivity index (χ1v) is 6.24. The molecule has 0 fully saturated rings. The van der Waals surface area contributed by atoms with Crippen molar-refractivity contribution in [2.75, 3.05) is 12.4 Å². The Hall–Kier alpha value is -1.97. The van der Waals surface area contributed by atoms with Gasteiger partial charge in [-0.3, -0.25) is 4.98 Å². The van der Waals surface area contributed by atoms with Crippen LogP contribution in [0.15, 0.2) is 30.9 Å². The van der Waals surface area contributed by atoms with Crippen LogP contribution in [0.3, 0.4) is 0 Å². The normalized spacial score (nSPS) is 10.3. The molecule has 1 N–H and O–H groups in total. The minimum absolute atomic E-state index is 0.828. The van der Waals surface area contributed by atoms with Gasteiger partial charge in [0.15, 0.2) is 0 Å². The molecule has 0 spiro atoms. The average Bonchev–Trinajstić information content (AvgIpc) is 2.42. The highest BCUT2D eigenvalue weighted by atomic mass is 15.0. The van der Waals surface area contributed by atoms with Crippen LogP contribution in [0, 0.1) is 0 Å². The van der Waals surface area contributed by atoms with Gasteiger partial charge in [0.25, 0.3) is 0 Å². The highest BCUT2D eigenvalue weighted by Gasteiger charge is 2.10. The van der Waals surface area contributed by atoms with Gasteiger partial charge in [0.05, 0.1) is 5.69 Å². The molecule has 0 saturated carbocycles. The van der Waals surface area contributed by atoms with Crippen LogP contribution in [0.1, 0.15) is 30.2 Å². The van der Waals surface area contributed by atoms with Crippen molar-refractivity contribution in [2.24, 2.45) is 0 Å². The van der Waals surface area contributed by atoms with Gasteiger partial charge in [0.2, 0.25) is 0 Å². The Morgan fingerprint density at radius 2 is 1.94 bits per heavy atom. The summed E-state index contributed by atoms with van der Waals surface area (Å²) in [4.78, 5) is 12.7. The zero-order chi connectivity index (χ0) is 12.8. The van der Waals surface area contributed by atoms with Crippen molar-refractivity contribution in [1.29, 1.82) is 0 Å². The van der Waals surface area contributed by atoms with E-state index in [1.165, 1.54) is 11.1 Å².